The fraction of sp³-hybridized carbons (Fsp3) is 0.444. The van der Waals surface area contributed by atoms with Crippen LogP contribution in [0.3, 0.4) is 0 Å². The molecule has 1 aromatic heterocycles. The van der Waals surface area contributed by atoms with Gasteiger partial charge in [-0.1, -0.05) is 18.2 Å². The molecule has 24 heavy (non-hydrogen) atoms. The maximum absolute atomic E-state index is 11.8. The van der Waals surface area contributed by atoms with Crippen LogP contribution in [0.25, 0.3) is 0 Å². The van der Waals surface area contributed by atoms with Crippen molar-refractivity contribution in [2.45, 2.75) is 39.5 Å². The Morgan fingerprint density at radius 1 is 1.29 bits per heavy atom. The van der Waals surface area contributed by atoms with Crippen molar-refractivity contribution in [1.82, 2.24) is 15.1 Å². The molecule has 0 aliphatic rings. The number of alkyl carbamates (subject to hydrolysis) is 1. The van der Waals surface area contributed by atoms with Gasteiger partial charge in [0.2, 0.25) is 0 Å². The van der Waals surface area contributed by atoms with E-state index in [4.69, 9.17) is 4.74 Å². The van der Waals surface area contributed by atoms with Gasteiger partial charge in [0.05, 0.1) is 18.4 Å². The number of ether oxygens (including phenoxy) is 1. The number of anilines is 1. The first-order chi connectivity index (χ1) is 11.3. The Labute approximate surface area is 143 Å². The Hall–Kier alpha value is -2.50. The third kappa shape index (κ3) is 5.01. The van der Waals surface area contributed by atoms with Crippen LogP contribution in [0, 0.1) is 0 Å². The molecule has 2 aromatic rings. The van der Waals surface area contributed by atoms with Gasteiger partial charge in [-0.05, 0) is 32.9 Å². The summed E-state index contributed by atoms with van der Waals surface area (Å²) >= 11 is 0. The van der Waals surface area contributed by atoms with Gasteiger partial charge in [0.25, 0.3) is 0 Å². The lowest BCUT2D eigenvalue weighted by Crippen LogP contribution is -2.32. The summed E-state index contributed by atoms with van der Waals surface area (Å²) in [4.78, 5) is 14.0. The number of nitrogens with zero attached hydrogens (tertiary/aromatic N) is 3. The minimum Gasteiger partial charge on any atom is -0.444 e. The molecular weight excluding hydrogens is 304 g/mol. The van der Waals surface area contributed by atoms with Crippen LogP contribution in [-0.4, -0.2) is 28.5 Å². The van der Waals surface area contributed by atoms with E-state index < -0.39 is 11.7 Å². The zero-order valence-electron chi connectivity index (χ0n) is 15.0. The van der Waals surface area contributed by atoms with E-state index in [-0.39, 0.29) is 0 Å². The molecule has 0 saturated carbocycles. The van der Waals surface area contributed by atoms with Crippen LogP contribution in [0.15, 0.2) is 36.5 Å². The van der Waals surface area contributed by atoms with E-state index in [1.165, 1.54) is 0 Å². The minimum atomic E-state index is -0.505. The van der Waals surface area contributed by atoms with Crippen LogP contribution < -0.4 is 10.2 Å². The molecule has 0 spiro atoms. The third-order valence-corrected chi connectivity index (χ3v) is 3.55. The van der Waals surface area contributed by atoms with Gasteiger partial charge < -0.3 is 15.0 Å². The lowest BCUT2D eigenvalue weighted by Gasteiger charge is -2.21. The number of amides is 1. The van der Waals surface area contributed by atoms with Crippen LogP contribution in [0.5, 0.6) is 0 Å². The van der Waals surface area contributed by atoms with Crippen LogP contribution in [-0.2, 0) is 24.9 Å². The standard InChI is InChI=1S/C18H26N4O2/c1-18(2,3)24-17(23)19-11-14-12-20-22(5)16(14)13-21(4)15-9-7-6-8-10-15/h6-10,12H,11,13H2,1-5H3,(H,19,23). The van der Waals surface area contributed by atoms with Crippen molar-refractivity contribution >= 4 is 11.8 Å². The second kappa shape index (κ2) is 7.38. The van der Waals surface area contributed by atoms with Crippen LogP contribution >= 0.6 is 0 Å². The number of rotatable bonds is 5. The van der Waals surface area contributed by atoms with E-state index in [0.29, 0.717) is 13.1 Å². The van der Waals surface area contributed by atoms with Crippen LogP contribution in [0.4, 0.5) is 10.5 Å². The molecular formula is C18H26N4O2. The van der Waals surface area contributed by atoms with Crippen LogP contribution in [0.1, 0.15) is 32.0 Å². The fourth-order valence-electron chi connectivity index (χ4n) is 2.34. The van der Waals surface area contributed by atoms with Crippen molar-refractivity contribution in [2.24, 2.45) is 7.05 Å². The molecule has 0 radical (unpaired) electrons. The average molecular weight is 330 g/mol. The number of para-hydroxylation sites is 1. The van der Waals surface area contributed by atoms with E-state index in [1.54, 1.807) is 6.20 Å². The van der Waals surface area contributed by atoms with Gasteiger partial charge in [-0.15, -0.1) is 0 Å². The highest BCUT2D eigenvalue weighted by Gasteiger charge is 2.17. The van der Waals surface area contributed by atoms with Gasteiger partial charge in [0, 0.05) is 31.9 Å². The Bertz CT molecular complexity index is 674. The monoisotopic (exact) mass is 330 g/mol. The molecule has 0 aliphatic carbocycles. The summed E-state index contributed by atoms with van der Waals surface area (Å²) in [6.45, 7) is 6.62. The van der Waals surface area contributed by atoms with Gasteiger partial charge in [-0.2, -0.15) is 5.10 Å². The second-order valence-electron chi connectivity index (χ2n) is 6.79. The van der Waals surface area contributed by atoms with E-state index >= 15 is 0 Å². The average Bonchev–Trinajstić information content (AvgIpc) is 2.85. The summed E-state index contributed by atoms with van der Waals surface area (Å²) in [6.07, 6.45) is 1.36. The first-order valence-electron chi connectivity index (χ1n) is 7.99. The Balaban J connectivity index is 2.02. The molecule has 1 heterocycles. The highest BCUT2D eigenvalue weighted by atomic mass is 16.6. The molecule has 2 rings (SSSR count). The van der Waals surface area contributed by atoms with Crippen molar-refractivity contribution in [3.05, 3.63) is 47.8 Å². The zero-order chi connectivity index (χ0) is 17.7. The first-order valence-corrected chi connectivity index (χ1v) is 7.99. The van der Waals surface area contributed by atoms with Crippen molar-refractivity contribution in [3.63, 3.8) is 0 Å². The molecule has 0 fully saturated rings. The van der Waals surface area contributed by atoms with E-state index in [1.807, 2.05) is 57.7 Å². The number of hydrogen-bond donors (Lipinski definition) is 1. The summed E-state index contributed by atoms with van der Waals surface area (Å²) in [5.74, 6) is 0. The molecule has 130 valence electrons. The van der Waals surface area contributed by atoms with Gasteiger partial charge in [-0.3, -0.25) is 4.68 Å². The summed E-state index contributed by atoms with van der Waals surface area (Å²) in [5, 5.41) is 7.10. The van der Waals surface area contributed by atoms with E-state index in [2.05, 4.69) is 27.4 Å². The van der Waals surface area contributed by atoms with Gasteiger partial charge in [-0.25, -0.2) is 4.79 Å². The van der Waals surface area contributed by atoms with Gasteiger partial charge in [0.1, 0.15) is 5.60 Å². The number of benzene rings is 1. The zero-order valence-corrected chi connectivity index (χ0v) is 15.0. The summed E-state index contributed by atoms with van der Waals surface area (Å²) in [7, 11) is 3.94. The summed E-state index contributed by atoms with van der Waals surface area (Å²) in [6, 6.07) is 10.2. The molecule has 0 unspecified atom stereocenters. The molecule has 0 aliphatic heterocycles. The molecule has 0 saturated heterocycles. The van der Waals surface area contributed by atoms with Gasteiger partial charge in [0.15, 0.2) is 0 Å². The van der Waals surface area contributed by atoms with E-state index in [0.717, 1.165) is 16.9 Å². The smallest absolute Gasteiger partial charge is 0.407 e. The summed E-state index contributed by atoms with van der Waals surface area (Å²) in [5.41, 5.74) is 2.66. The van der Waals surface area contributed by atoms with Gasteiger partial charge >= 0.3 is 6.09 Å². The lowest BCUT2D eigenvalue weighted by atomic mass is 10.2. The molecule has 1 amide bonds. The Morgan fingerprint density at radius 2 is 1.96 bits per heavy atom. The maximum atomic E-state index is 11.8. The largest absolute Gasteiger partial charge is 0.444 e. The molecule has 1 N–H and O–H groups in total. The van der Waals surface area contributed by atoms with Crippen molar-refractivity contribution in [2.75, 3.05) is 11.9 Å². The molecule has 6 nitrogen and oxygen atoms in total. The fourth-order valence-corrected chi connectivity index (χ4v) is 2.34. The predicted molar refractivity (Wildman–Crippen MR) is 94.8 cm³/mol. The van der Waals surface area contributed by atoms with E-state index in [9.17, 15) is 4.79 Å². The number of hydrogen-bond acceptors (Lipinski definition) is 4. The predicted octanol–water partition coefficient (Wildman–Crippen LogP) is 3.08. The molecule has 1 aromatic carbocycles. The lowest BCUT2D eigenvalue weighted by molar-refractivity contribution is 0.0523. The Morgan fingerprint density at radius 3 is 2.58 bits per heavy atom. The second-order valence-corrected chi connectivity index (χ2v) is 6.79. The highest BCUT2D eigenvalue weighted by molar-refractivity contribution is 5.67. The number of nitrogens with one attached hydrogen (secondary N) is 1. The van der Waals surface area contributed by atoms with Crippen molar-refractivity contribution in [1.29, 1.82) is 0 Å². The Kier molecular flexibility index (Phi) is 5.49. The maximum Gasteiger partial charge on any atom is 0.407 e. The number of aromatic nitrogens is 2. The topological polar surface area (TPSA) is 59.4 Å². The SMILES string of the molecule is CN(Cc1c(CNC(=O)OC(C)(C)C)cnn1C)c1ccccc1. The highest BCUT2D eigenvalue weighted by Crippen LogP contribution is 2.17. The van der Waals surface area contributed by atoms with Crippen molar-refractivity contribution in [3.8, 4) is 0 Å². The summed E-state index contributed by atoms with van der Waals surface area (Å²) < 4.78 is 7.11. The molecule has 0 atom stereocenters. The number of aryl methyl sites for hydroxylation is 1. The minimum absolute atomic E-state index is 0.390. The normalized spacial score (nSPS) is 11.2. The quantitative estimate of drug-likeness (QED) is 0.915. The molecule has 6 heteroatoms. The number of carbonyl (C=O) groups is 1. The van der Waals surface area contributed by atoms with Crippen LogP contribution in [0.2, 0.25) is 0 Å². The number of carbonyl (C=O) groups excluding carboxylic acids is 1. The molecule has 0 bridgehead atoms. The first kappa shape index (κ1) is 17.8. The van der Waals surface area contributed by atoms with Crippen molar-refractivity contribution < 1.29 is 9.53 Å². The third-order valence-electron chi connectivity index (χ3n) is 3.55.